The molecule has 0 spiro atoms. The lowest BCUT2D eigenvalue weighted by Crippen LogP contribution is -2.23. The number of nitrogens with zero attached hydrogens (tertiary/aromatic N) is 2. The Morgan fingerprint density at radius 1 is 1.35 bits per heavy atom. The van der Waals surface area contributed by atoms with Crippen molar-refractivity contribution in [1.29, 1.82) is 0 Å². The first-order valence-electron chi connectivity index (χ1n) is 5.78. The van der Waals surface area contributed by atoms with Crippen molar-refractivity contribution in [2.75, 3.05) is 6.54 Å². The van der Waals surface area contributed by atoms with Gasteiger partial charge in [0.05, 0.1) is 17.9 Å². The number of nitrogens with one attached hydrogen (secondary N) is 1. The Hall–Kier alpha value is -1.68. The summed E-state index contributed by atoms with van der Waals surface area (Å²) in [5.41, 5.74) is 2.04. The maximum atomic E-state index is 5.58. The standard InChI is InChI=1S/C13H17N3O/c1-4-15-13(12-8-14-5-6-16-12)11-7-9(2)17-10(11)3/h5-8,13,15H,4H2,1-3H3. The maximum Gasteiger partial charge on any atom is 0.106 e. The Kier molecular flexibility index (Phi) is 3.54. The molecule has 4 heteroatoms. The molecule has 0 aromatic carbocycles. The molecule has 1 atom stereocenters. The van der Waals surface area contributed by atoms with Crippen molar-refractivity contribution in [3.05, 3.63) is 47.4 Å². The van der Waals surface area contributed by atoms with Crippen molar-refractivity contribution >= 4 is 0 Å². The van der Waals surface area contributed by atoms with Gasteiger partial charge in [0.2, 0.25) is 0 Å². The molecule has 0 fully saturated rings. The lowest BCUT2D eigenvalue weighted by molar-refractivity contribution is 0.494. The molecule has 90 valence electrons. The van der Waals surface area contributed by atoms with Gasteiger partial charge in [-0.05, 0) is 26.5 Å². The highest BCUT2D eigenvalue weighted by Gasteiger charge is 2.19. The van der Waals surface area contributed by atoms with Gasteiger partial charge in [-0.3, -0.25) is 9.97 Å². The third kappa shape index (κ3) is 2.53. The van der Waals surface area contributed by atoms with E-state index in [-0.39, 0.29) is 6.04 Å². The van der Waals surface area contributed by atoms with Crippen LogP contribution in [-0.4, -0.2) is 16.5 Å². The lowest BCUT2D eigenvalue weighted by atomic mass is 10.0. The van der Waals surface area contributed by atoms with Crippen LogP contribution in [0.25, 0.3) is 0 Å². The predicted octanol–water partition coefficient (Wildman–Crippen LogP) is 2.39. The third-order valence-electron chi connectivity index (χ3n) is 2.68. The summed E-state index contributed by atoms with van der Waals surface area (Å²) in [6.07, 6.45) is 5.18. The number of aromatic nitrogens is 2. The largest absolute Gasteiger partial charge is 0.466 e. The van der Waals surface area contributed by atoms with E-state index in [1.165, 1.54) is 0 Å². The Balaban J connectivity index is 2.39. The van der Waals surface area contributed by atoms with Crippen LogP contribution < -0.4 is 5.32 Å². The first-order chi connectivity index (χ1) is 8.22. The van der Waals surface area contributed by atoms with Gasteiger partial charge >= 0.3 is 0 Å². The Morgan fingerprint density at radius 3 is 2.71 bits per heavy atom. The molecule has 0 saturated carbocycles. The van der Waals surface area contributed by atoms with Crippen LogP contribution in [0.1, 0.15) is 35.7 Å². The second-order valence-electron chi connectivity index (χ2n) is 3.99. The molecule has 0 aliphatic rings. The summed E-state index contributed by atoms with van der Waals surface area (Å²) in [7, 11) is 0. The van der Waals surface area contributed by atoms with Gasteiger partial charge in [-0.25, -0.2) is 0 Å². The summed E-state index contributed by atoms with van der Waals surface area (Å²) in [6.45, 7) is 6.87. The van der Waals surface area contributed by atoms with Crippen molar-refractivity contribution in [2.45, 2.75) is 26.8 Å². The van der Waals surface area contributed by atoms with E-state index >= 15 is 0 Å². The van der Waals surface area contributed by atoms with Gasteiger partial charge in [-0.15, -0.1) is 0 Å². The molecule has 0 amide bonds. The average molecular weight is 231 g/mol. The molecule has 0 aliphatic heterocycles. The van der Waals surface area contributed by atoms with Crippen molar-refractivity contribution in [1.82, 2.24) is 15.3 Å². The summed E-state index contributed by atoms with van der Waals surface area (Å²) < 4.78 is 5.58. The summed E-state index contributed by atoms with van der Waals surface area (Å²) in [5.74, 6) is 1.85. The molecule has 0 aliphatic carbocycles. The van der Waals surface area contributed by atoms with Crippen molar-refractivity contribution < 1.29 is 4.42 Å². The van der Waals surface area contributed by atoms with Gasteiger partial charge in [0.25, 0.3) is 0 Å². The first kappa shape index (κ1) is 11.8. The molecule has 17 heavy (non-hydrogen) atoms. The minimum atomic E-state index is 0.0474. The highest BCUT2D eigenvalue weighted by atomic mass is 16.3. The van der Waals surface area contributed by atoms with Crippen molar-refractivity contribution in [2.24, 2.45) is 0 Å². The molecular weight excluding hydrogens is 214 g/mol. The number of aryl methyl sites for hydroxylation is 2. The molecule has 2 aromatic heterocycles. The predicted molar refractivity (Wildman–Crippen MR) is 65.7 cm³/mol. The fourth-order valence-corrected chi connectivity index (χ4v) is 1.97. The van der Waals surface area contributed by atoms with E-state index in [1.807, 2.05) is 13.8 Å². The number of hydrogen-bond acceptors (Lipinski definition) is 4. The normalized spacial score (nSPS) is 12.6. The van der Waals surface area contributed by atoms with Crippen LogP contribution in [0, 0.1) is 13.8 Å². The second kappa shape index (κ2) is 5.10. The highest BCUT2D eigenvalue weighted by Crippen LogP contribution is 2.25. The minimum Gasteiger partial charge on any atom is -0.466 e. The average Bonchev–Trinajstić information content (AvgIpc) is 2.66. The number of hydrogen-bond donors (Lipinski definition) is 1. The maximum absolute atomic E-state index is 5.58. The van der Waals surface area contributed by atoms with Crippen LogP contribution in [0.15, 0.2) is 29.1 Å². The number of furan rings is 1. The molecule has 0 radical (unpaired) electrons. The molecule has 4 nitrogen and oxygen atoms in total. The van der Waals surface area contributed by atoms with Crippen LogP contribution >= 0.6 is 0 Å². The third-order valence-corrected chi connectivity index (χ3v) is 2.68. The molecule has 0 bridgehead atoms. The van der Waals surface area contributed by atoms with Crippen molar-refractivity contribution in [3.63, 3.8) is 0 Å². The SMILES string of the molecule is CCNC(c1cnccn1)c1cc(C)oc1C. The van der Waals surface area contributed by atoms with Crippen LogP contribution in [0.5, 0.6) is 0 Å². The van der Waals surface area contributed by atoms with E-state index < -0.39 is 0 Å². The number of rotatable bonds is 4. The Labute approximate surface area is 101 Å². The zero-order valence-electron chi connectivity index (χ0n) is 10.4. The second-order valence-corrected chi connectivity index (χ2v) is 3.99. The van der Waals surface area contributed by atoms with Gasteiger partial charge < -0.3 is 9.73 Å². The highest BCUT2D eigenvalue weighted by molar-refractivity contribution is 5.30. The van der Waals surface area contributed by atoms with E-state index in [4.69, 9.17) is 4.42 Å². The molecule has 0 saturated heterocycles. The quantitative estimate of drug-likeness (QED) is 0.877. The fourth-order valence-electron chi connectivity index (χ4n) is 1.97. The Morgan fingerprint density at radius 2 is 2.18 bits per heavy atom. The topological polar surface area (TPSA) is 51.0 Å². The molecule has 1 unspecified atom stereocenters. The van der Waals surface area contributed by atoms with Crippen LogP contribution in [-0.2, 0) is 0 Å². The van der Waals surface area contributed by atoms with E-state index in [2.05, 4.69) is 28.3 Å². The summed E-state index contributed by atoms with van der Waals surface area (Å²) in [4.78, 5) is 8.47. The molecule has 1 N–H and O–H groups in total. The Bertz CT molecular complexity index is 479. The van der Waals surface area contributed by atoms with E-state index in [0.717, 1.165) is 29.3 Å². The molecule has 2 rings (SSSR count). The minimum absolute atomic E-state index is 0.0474. The van der Waals surface area contributed by atoms with Gasteiger partial charge in [0.15, 0.2) is 0 Å². The van der Waals surface area contributed by atoms with E-state index in [9.17, 15) is 0 Å². The molecular formula is C13H17N3O. The molecule has 2 aromatic rings. The smallest absolute Gasteiger partial charge is 0.106 e. The fraction of sp³-hybridized carbons (Fsp3) is 0.385. The summed E-state index contributed by atoms with van der Waals surface area (Å²) in [5, 5.41) is 3.41. The summed E-state index contributed by atoms with van der Waals surface area (Å²) in [6, 6.07) is 2.10. The monoisotopic (exact) mass is 231 g/mol. The van der Waals surface area contributed by atoms with Gasteiger partial charge in [0, 0.05) is 18.0 Å². The summed E-state index contributed by atoms with van der Waals surface area (Å²) >= 11 is 0. The van der Waals surface area contributed by atoms with Gasteiger partial charge in [0.1, 0.15) is 11.5 Å². The van der Waals surface area contributed by atoms with E-state index in [1.54, 1.807) is 18.6 Å². The van der Waals surface area contributed by atoms with Crippen LogP contribution in [0.2, 0.25) is 0 Å². The van der Waals surface area contributed by atoms with E-state index in [0.29, 0.717) is 0 Å². The first-order valence-corrected chi connectivity index (χ1v) is 5.78. The van der Waals surface area contributed by atoms with Crippen LogP contribution in [0.3, 0.4) is 0 Å². The molecule has 2 heterocycles. The zero-order chi connectivity index (χ0) is 12.3. The van der Waals surface area contributed by atoms with Crippen LogP contribution in [0.4, 0.5) is 0 Å². The van der Waals surface area contributed by atoms with Gasteiger partial charge in [-0.2, -0.15) is 0 Å². The lowest BCUT2D eigenvalue weighted by Gasteiger charge is -2.16. The zero-order valence-corrected chi connectivity index (χ0v) is 10.4. The van der Waals surface area contributed by atoms with Crippen molar-refractivity contribution in [3.8, 4) is 0 Å². The van der Waals surface area contributed by atoms with Gasteiger partial charge in [-0.1, -0.05) is 6.92 Å².